The van der Waals surface area contributed by atoms with E-state index in [0.29, 0.717) is 10.7 Å². The molecule has 0 spiro atoms. The van der Waals surface area contributed by atoms with Crippen molar-refractivity contribution >= 4 is 27.9 Å². The highest BCUT2D eigenvalue weighted by atomic mass is 35.5. The standard InChI is InChI=1S/C8H7ClN2OS/c1-4-3-13-8-10-5(2)6(9)7(12)11(4)8/h3H,1-2H3. The van der Waals surface area contributed by atoms with Crippen molar-refractivity contribution in [1.29, 1.82) is 0 Å². The SMILES string of the molecule is Cc1nc2scc(C)n2c(=O)c1Cl. The van der Waals surface area contributed by atoms with Gasteiger partial charge in [-0.15, -0.1) is 11.3 Å². The Balaban J connectivity index is 3.06. The predicted molar refractivity (Wildman–Crippen MR) is 53.8 cm³/mol. The van der Waals surface area contributed by atoms with Crippen LogP contribution in [-0.4, -0.2) is 9.38 Å². The van der Waals surface area contributed by atoms with Crippen molar-refractivity contribution in [2.24, 2.45) is 0 Å². The lowest BCUT2D eigenvalue weighted by molar-refractivity contribution is 1.00. The van der Waals surface area contributed by atoms with E-state index in [1.807, 2.05) is 12.3 Å². The van der Waals surface area contributed by atoms with Gasteiger partial charge < -0.3 is 0 Å². The summed E-state index contributed by atoms with van der Waals surface area (Å²) in [5, 5.41) is 2.10. The second-order valence-corrected chi connectivity index (χ2v) is 4.03. The summed E-state index contributed by atoms with van der Waals surface area (Å²) in [4.78, 5) is 16.5. The van der Waals surface area contributed by atoms with E-state index in [0.717, 1.165) is 5.69 Å². The number of hydrogen-bond donors (Lipinski definition) is 0. The Morgan fingerprint density at radius 2 is 2.23 bits per heavy atom. The third kappa shape index (κ3) is 1.17. The third-order valence-electron chi connectivity index (χ3n) is 1.85. The molecule has 2 aromatic rings. The second-order valence-electron chi connectivity index (χ2n) is 2.81. The molecule has 2 rings (SSSR count). The van der Waals surface area contributed by atoms with Crippen LogP contribution in [0.15, 0.2) is 10.2 Å². The van der Waals surface area contributed by atoms with Gasteiger partial charge in [-0.1, -0.05) is 11.6 Å². The smallest absolute Gasteiger partial charge is 0.267 e. The maximum atomic E-state index is 11.6. The van der Waals surface area contributed by atoms with Crippen LogP contribution in [0.25, 0.3) is 4.96 Å². The summed E-state index contributed by atoms with van der Waals surface area (Å²) in [6, 6.07) is 0. The fraction of sp³-hybridized carbons (Fsp3) is 0.250. The third-order valence-corrected chi connectivity index (χ3v) is 3.23. The lowest BCUT2D eigenvalue weighted by Gasteiger charge is -1.98. The first-order chi connectivity index (χ1) is 6.11. The summed E-state index contributed by atoms with van der Waals surface area (Å²) in [6.07, 6.45) is 0. The van der Waals surface area contributed by atoms with Gasteiger partial charge in [0.15, 0.2) is 4.96 Å². The number of rotatable bonds is 0. The van der Waals surface area contributed by atoms with E-state index in [9.17, 15) is 4.79 Å². The molecule has 0 saturated heterocycles. The number of nitrogens with zero attached hydrogens (tertiary/aromatic N) is 2. The van der Waals surface area contributed by atoms with Crippen LogP contribution < -0.4 is 5.56 Å². The minimum absolute atomic E-state index is 0.178. The van der Waals surface area contributed by atoms with E-state index in [1.165, 1.54) is 15.7 Å². The van der Waals surface area contributed by atoms with Crippen molar-refractivity contribution in [2.75, 3.05) is 0 Å². The number of aromatic nitrogens is 2. The van der Waals surface area contributed by atoms with Gasteiger partial charge in [0, 0.05) is 11.1 Å². The van der Waals surface area contributed by atoms with Crippen molar-refractivity contribution in [3.63, 3.8) is 0 Å². The predicted octanol–water partition coefficient (Wildman–Crippen LogP) is 2.03. The molecule has 13 heavy (non-hydrogen) atoms. The lowest BCUT2D eigenvalue weighted by Crippen LogP contribution is -2.16. The van der Waals surface area contributed by atoms with Crippen LogP contribution >= 0.6 is 22.9 Å². The largest absolute Gasteiger partial charge is 0.277 e. The first kappa shape index (κ1) is 8.72. The number of aryl methyl sites for hydroxylation is 2. The first-order valence-electron chi connectivity index (χ1n) is 3.74. The molecule has 68 valence electrons. The summed E-state index contributed by atoms with van der Waals surface area (Å²) >= 11 is 7.24. The van der Waals surface area contributed by atoms with Gasteiger partial charge in [-0.2, -0.15) is 0 Å². The molecule has 0 atom stereocenters. The molecule has 5 heteroatoms. The molecular formula is C8H7ClN2OS. The van der Waals surface area contributed by atoms with Crippen molar-refractivity contribution in [3.8, 4) is 0 Å². The highest BCUT2D eigenvalue weighted by Crippen LogP contribution is 2.15. The summed E-state index contributed by atoms with van der Waals surface area (Å²) in [5.74, 6) is 0. The van der Waals surface area contributed by atoms with Gasteiger partial charge in [-0.25, -0.2) is 4.98 Å². The molecule has 0 aliphatic heterocycles. The normalized spacial score (nSPS) is 11.0. The molecule has 0 unspecified atom stereocenters. The molecule has 0 fully saturated rings. The van der Waals surface area contributed by atoms with E-state index in [-0.39, 0.29) is 10.6 Å². The minimum atomic E-state index is -0.178. The van der Waals surface area contributed by atoms with E-state index < -0.39 is 0 Å². The van der Waals surface area contributed by atoms with Crippen molar-refractivity contribution in [1.82, 2.24) is 9.38 Å². The molecular weight excluding hydrogens is 208 g/mol. The Bertz CT molecular complexity index is 529. The topological polar surface area (TPSA) is 34.4 Å². The molecule has 0 radical (unpaired) electrons. The van der Waals surface area contributed by atoms with Crippen LogP contribution in [0.2, 0.25) is 5.02 Å². The lowest BCUT2D eigenvalue weighted by atomic mass is 10.4. The van der Waals surface area contributed by atoms with Crippen molar-refractivity contribution < 1.29 is 0 Å². The molecule has 0 bridgehead atoms. The summed E-state index contributed by atoms with van der Waals surface area (Å²) < 4.78 is 1.53. The number of thiazole rings is 1. The summed E-state index contributed by atoms with van der Waals surface area (Å²) in [7, 11) is 0. The molecule has 0 amide bonds. The molecule has 0 saturated carbocycles. The van der Waals surface area contributed by atoms with Crippen molar-refractivity contribution in [3.05, 3.63) is 32.1 Å². The molecule has 0 aliphatic carbocycles. The van der Waals surface area contributed by atoms with Crippen LogP contribution in [-0.2, 0) is 0 Å². The maximum Gasteiger partial charge on any atom is 0.277 e. The Kier molecular flexibility index (Phi) is 1.89. The van der Waals surface area contributed by atoms with Crippen LogP contribution in [0.5, 0.6) is 0 Å². The maximum absolute atomic E-state index is 11.6. The van der Waals surface area contributed by atoms with Gasteiger partial charge in [0.25, 0.3) is 5.56 Å². The monoisotopic (exact) mass is 214 g/mol. The Morgan fingerprint density at radius 1 is 1.54 bits per heavy atom. The molecule has 2 aromatic heterocycles. The van der Waals surface area contributed by atoms with Crippen LogP contribution in [0.1, 0.15) is 11.4 Å². The fourth-order valence-electron chi connectivity index (χ4n) is 1.16. The zero-order chi connectivity index (χ0) is 9.59. The van der Waals surface area contributed by atoms with E-state index in [1.54, 1.807) is 6.92 Å². The van der Waals surface area contributed by atoms with Crippen LogP contribution in [0, 0.1) is 13.8 Å². The van der Waals surface area contributed by atoms with Crippen molar-refractivity contribution in [2.45, 2.75) is 13.8 Å². The second kappa shape index (κ2) is 2.82. The van der Waals surface area contributed by atoms with Gasteiger partial charge >= 0.3 is 0 Å². The summed E-state index contributed by atoms with van der Waals surface area (Å²) in [5.41, 5.74) is 1.29. The van der Waals surface area contributed by atoms with E-state index in [4.69, 9.17) is 11.6 Å². The minimum Gasteiger partial charge on any atom is -0.267 e. The zero-order valence-electron chi connectivity index (χ0n) is 7.17. The highest BCUT2D eigenvalue weighted by molar-refractivity contribution is 7.15. The van der Waals surface area contributed by atoms with Gasteiger partial charge in [-0.3, -0.25) is 9.20 Å². The first-order valence-corrected chi connectivity index (χ1v) is 5.00. The van der Waals surface area contributed by atoms with Crippen LogP contribution in [0.4, 0.5) is 0 Å². The molecule has 0 N–H and O–H groups in total. The van der Waals surface area contributed by atoms with Crippen LogP contribution in [0.3, 0.4) is 0 Å². The summed E-state index contributed by atoms with van der Waals surface area (Å²) in [6.45, 7) is 3.59. The zero-order valence-corrected chi connectivity index (χ0v) is 8.74. The molecule has 0 aromatic carbocycles. The van der Waals surface area contributed by atoms with Gasteiger partial charge in [0.2, 0.25) is 0 Å². The van der Waals surface area contributed by atoms with Gasteiger partial charge in [-0.05, 0) is 13.8 Å². The van der Waals surface area contributed by atoms with Gasteiger partial charge in [0.05, 0.1) is 5.69 Å². The van der Waals surface area contributed by atoms with E-state index >= 15 is 0 Å². The molecule has 3 nitrogen and oxygen atoms in total. The molecule has 0 aliphatic rings. The Morgan fingerprint density at radius 3 is 2.92 bits per heavy atom. The number of fused-ring (bicyclic) bond motifs is 1. The number of hydrogen-bond acceptors (Lipinski definition) is 3. The Hall–Kier alpha value is -0.870. The molecule has 2 heterocycles. The van der Waals surface area contributed by atoms with E-state index in [2.05, 4.69) is 4.98 Å². The average molecular weight is 215 g/mol. The quantitative estimate of drug-likeness (QED) is 0.673. The number of halogens is 1. The average Bonchev–Trinajstić information content (AvgIpc) is 2.43. The fourth-order valence-corrected chi connectivity index (χ4v) is 2.19. The van der Waals surface area contributed by atoms with Gasteiger partial charge in [0.1, 0.15) is 5.02 Å². The highest BCUT2D eigenvalue weighted by Gasteiger charge is 2.09. The Labute approximate surface area is 83.6 Å².